The van der Waals surface area contributed by atoms with E-state index < -0.39 is 10.0 Å². The zero-order valence-electron chi connectivity index (χ0n) is 15.5. The summed E-state index contributed by atoms with van der Waals surface area (Å²) in [4.78, 5) is 4.87. The molecular weight excluding hydrogens is 346 g/mol. The van der Waals surface area contributed by atoms with Gasteiger partial charge in [0, 0.05) is 31.4 Å². The fourth-order valence-electron chi connectivity index (χ4n) is 3.16. The van der Waals surface area contributed by atoms with Crippen molar-refractivity contribution < 1.29 is 8.42 Å². The Balaban J connectivity index is 1.84. The van der Waals surface area contributed by atoms with Gasteiger partial charge in [0.1, 0.15) is 0 Å². The predicted octanol–water partition coefficient (Wildman–Crippen LogP) is 3.28. The highest BCUT2D eigenvalue weighted by Gasteiger charge is 2.29. The molecule has 26 heavy (non-hydrogen) atoms. The van der Waals surface area contributed by atoms with Gasteiger partial charge in [-0.05, 0) is 43.0 Å². The van der Waals surface area contributed by atoms with Gasteiger partial charge in [-0.25, -0.2) is 8.42 Å². The second kappa shape index (κ2) is 8.29. The van der Waals surface area contributed by atoms with Gasteiger partial charge in [-0.1, -0.05) is 38.1 Å². The van der Waals surface area contributed by atoms with E-state index >= 15 is 0 Å². The lowest BCUT2D eigenvalue weighted by Gasteiger charge is -2.18. The standard InChI is InChI=1S/C20H27N3O2S/c1-16(2)13-21-14-17-9-10-19(22-15-17)18-7-3-4-8-20(18)26(24,25)23-11-5-6-12-23/h3-4,7-10,15-16,21H,5-6,11-14H2,1-2H3. The lowest BCUT2D eigenvalue weighted by Crippen LogP contribution is -2.28. The molecule has 1 aromatic heterocycles. The molecule has 6 heteroatoms. The Kier molecular flexibility index (Phi) is 6.06. The van der Waals surface area contributed by atoms with Gasteiger partial charge in [0.2, 0.25) is 10.0 Å². The summed E-state index contributed by atoms with van der Waals surface area (Å²) in [5.41, 5.74) is 2.45. The van der Waals surface area contributed by atoms with Crippen LogP contribution in [0.5, 0.6) is 0 Å². The largest absolute Gasteiger partial charge is 0.312 e. The monoisotopic (exact) mass is 373 g/mol. The second-order valence-corrected chi connectivity index (χ2v) is 9.09. The van der Waals surface area contributed by atoms with E-state index in [1.54, 1.807) is 16.4 Å². The first-order valence-electron chi connectivity index (χ1n) is 9.23. The number of nitrogens with one attached hydrogen (secondary N) is 1. The van der Waals surface area contributed by atoms with Gasteiger partial charge in [0.05, 0.1) is 10.6 Å². The molecule has 0 radical (unpaired) electrons. The van der Waals surface area contributed by atoms with Crippen LogP contribution in [-0.2, 0) is 16.6 Å². The topological polar surface area (TPSA) is 62.3 Å². The first-order chi connectivity index (χ1) is 12.5. The molecule has 1 aromatic carbocycles. The average molecular weight is 374 g/mol. The normalized spacial score (nSPS) is 15.7. The molecule has 140 valence electrons. The summed E-state index contributed by atoms with van der Waals surface area (Å²) in [6, 6.07) is 11.1. The molecule has 5 nitrogen and oxygen atoms in total. The van der Waals surface area contributed by atoms with Crippen LogP contribution < -0.4 is 5.32 Å². The third-order valence-electron chi connectivity index (χ3n) is 4.55. The van der Waals surface area contributed by atoms with Crippen LogP contribution in [-0.4, -0.2) is 37.3 Å². The molecule has 1 aliphatic rings. The third kappa shape index (κ3) is 4.31. The smallest absolute Gasteiger partial charge is 0.243 e. The maximum Gasteiger partial charge on any atom is 0.243 e. The Morgan fingerprint density at radius 1 is 1.12 bits per heavy atom. The van der Waals surface area contributed by atoms with Crippen molar-refractivity contribution in [2.24, 2.45) is 5.92 Å². The van der Waals surface area contributed by atoms with Crippen LogP contribution in [0, 0.1) is 5.92 Å². The van der Waals surface area contributed by atoms with Crippen LogP contribution in [0.15, 0.2) is 47.5 Å². The van der Waals surface area contributed by atoms with Crippen LogP contribution in [0.3, 0.4) is 0 Å². The van der Waals surface area contributed by atoms with Crippen LogP contribution in [0.25, 0.3) is 11.3 Å². The summed E-state index contributed by atoms with van der Waals surface area (Å²) >= 11 is 0. The molecule has 1 saturated heterocycles. The van der Waals surface area contributed by atoms with Crippen molar-refractivity contribution in [3.05, 3.63) is 48.2 Å². The quantitative estimate of drug-likeness (QED) is 0.809. The van der Waals surface area contributed by atoms with Crippen molar-refractivity contribution in [3.63, 3.8) is 0 Å². The van der Waals surface area contributed by atoms with Gasteiger partial charge in [0.25, 0.3) is 0 Å². The maximum atomic E-state index is 13.0. The minimum Gasteiger partial charge on any atom is -0.312 e. The van der Waals surface area contributed by atoms with E-state index in [4.69, 9.17) is 0 Å². The predicted molar refractivity (Wildman–Crippen MR) is 104 cm³/mol. The summed E-state index contributed by atoms with van der Waals surface area (Å²) in [7, 11) is -3.47. The number of hydrogen-bond donors (Lipinski definition) is 1. The Bertz CT molecular complexity index is 826. The van der Waals surface area contributed by atoms with Crippen LogP contribution in [0.2, 0.25) is 0 Å². The average Bonchev–Trinajstić information content (AvgIpc) is 3.18. The molecule has 1 aliphatic heterocycles. The molecule has 0 unspecified atom stereocenters. The molecule has 1 N–H and O–H groups in total. The summed E-state index contributed by atoms with van der Waals surface area (Å²) in [5, 5.41) is 3.39. The molecule has 0 saturated carbocycles. The van der Waals surface area contributed by atoms with Gasteiger partial charge >= 0.3 is 0 Å². The van der Waals surface area contributed by atoms with Crippen LogP contribution in [0.4, 0.5) is 0 Å². The Morgan fingerprint density at radius 3 is 2.50 bits per heavy atom. The SMILES string of the molecule is CC(C)CNCc1ccc(-c2ccccc2S(=O)(=O)N2CCCC2)nc1. The molecule has 1 fully saturated rings. The van der Waals surface area contributed by atoms with Crippen molar-refractivity contribution in [2.75, 3.05) is 19.6 Å². The summed E-state index contributed by atoms with van der Waals surface area (Å²) in [6.07, 6.45) is 3.68. The van der Waals surface area contributed by atoms with Crippen molar-refractivity contribution in [2.45, 2.75) is 38.1 Å². The van der Waals surface area contributed by atoms with Crippen molar-refractivity contribution >= 4 is 10.0 Å². The van der Waals surface area contributed by atoms with E-state index in [-0.39, 0.29) is 0 Å². The molecule has 3 rings (SSSR count). The zero-order valence-corrected chi connectivity index (χ0v) is 16.3. The highest BCUT2D eigenvalue weighted by molar-refractivity contribution is 7.89. The summed E-state index contributed by atoms with van der Waals surface area (Å²) < 4.78 is 27.6. The maximum absolute atomic E-state index is 13.0. The molecule has 0 amide bonds. The Hall–Kier alpha value is -1.76. The fraction of sp³-hybridized carbons (Fsp3) is 0.450. The molecule has 0 spiro atoms. The highest BCUT2D eigenvalue weighted by atomic mass is 32.2. The summed E-state index contributed by atoms with van der Waals surface area (Å²) in [5.74, 6) is 0.602. The lowest BCUT2D eigenvalue weighted by atomic mass is 10.1. The van der Waals surface area contributed by atoms with Crippen molar-refractivity contribution in [3.8, 4) is 11.3 Å². The number of benzene rings is 1. The summed E-state index contributed by atoms with van der Waals surface area (Å²) in [6.45, 7) is 7.27. The Labute approximate surface area is 156 Å². The van der Waals surface area contributed by atoms with E-state index in [1.165, 1.54) is 0 Å². The Morgan fingerprint density at radius 2 is 1.85 bits per heavy atom. The second-order valence-electron chi connectivity index (χ2n) is 7.18. The van der Waals surface area contributed by atoms with Crippen molar-refractivity contribution in [1.82, 2.24) is 14.6 Å². The van der Waals surface area contributed by atoms with E-state index in [0.29, 0.717) is 35.2 Å². The molecule has 0 atom stereocenters. The zero-order chi connectivity index (χ0) is 18.6. The minimum atomic E-state index is -3.47. The van der Waals surface area contributed by atoms with Crippen molar-refractivity contribution in [1.29, 1.82) is 0 Å². The fourth-order valence-corrected chi connectivity index (χ4v) is 4.88. The highest BCUT2D eigenvalue weighted by Crippen LogP contribution is 2.29. The van der Waals surface area contributed by atoms with E-state index in [1.807, 2.05) is 30.5 Å². The number of hydrogen-bond acceptors (Lipinski definition) is 4. The van der Waals surface area contributed by atoms with E-state index in [2.05, 4.69) is 24.1 Å². The van der Waals surface area contributed by atoms with Crippen LogP contribution >= 0.6 is 0 Å². The number of nitrogens with zero attached hydrogens (tertiary/aromatic N) is 2. The van der Waals surface area contributed by atoms with Gasteiger partial charge < -0.3 is 5.32 Å². The van der Waals surface area contributed by atoms with Gasteiger partial charge in [0.15, 0.2) is 0 Å². The van der Waals surface area contributed by atoms with Gasteiger partial charge in [-0.15, -0.1) is 0 Å². The molecular formula is C20H27N3O2S. The number of pyridine rings is 1. The van der Waals surface area contributed by atoms with E-state index in [0.717, 1.165) is 31.5 Å². The molecule has 0 bridgehead atoms. The third-order valence-corrected chi connectivity index (χ3v) is 6.51. The number of aromatic nitrogens is 1. The van der Waals surface area contributed by atoms with E-state index in [9.17, 15) is 8.42 Å². The van der Waals surface area contributed by atoms with Crippen LogP contribution in [0.1, 0.15) is 32.3 Å². The molecule has 2 aromatic rings. The number of rotatable bonds is 7. The first-order valence-corrected chi connectivity index (χ1v) is 10.7. The lowest BCUT2D eigenvalue weighted by molar-refractivity contribution is 0.477. The van der Waals surface area contributed by atoms with Gasteiger partial charge in [-0.2, -0.15) is 4.31 Å². The number of sulfonamides is 1. The molecule has 0 aliphatic carbocycles. The minimum absolute atomic E-state index is 0.347. The first kappa shape index (κ1) is 19.0. The molecule has 2 heterocycles. The van der Waals surface area contributed by atoms with Gasteiger partial charge in [-0.3, -0.25) is 4.98 Å².